The lowest BCUT2D eigenvalue weighted by atomic mass is 9.87. The van der Waals surface area contributed by atoms with Crippen LogP contribution in [0.1, 0.15) is 46.0 Å². The zero-order chi connectivity index (χ0) is 20.0. The molecule has 9 heteroatoms. The number of fused-ring (bicyclic) bond motifs is 1. The summed E-state index contributed by atoms with van der Waals surface area (Å²) in [6.07, 6.45) is 5.93. The first-order valence-corrected chi connectivity index (χ1v) is 10.0. The van der Waals surface area contributed by atoms with Crippen molar-refractivity contribution in [3.63, 3.8) is 0 Å². The van der Waals surface area contributed by atoms with E-state index in [0.29, 0.717) is 42.9 Å². The number of Topliss-reactive ketones (excluding diaryl/α,β-unsaturated/α-hetero) is 1. The number of hydrogen-bond acceptors (Lipinski definition) is 8. The molecule has 2 aromatic rings. The van der Waals surface area contributed by atoms with E-state index >= 15 is 0 Å². The van der Waals surface area contributed by atoms with E-state index in [0.717, 1.165) is 25.8 Å². The largest absolute Gasteiger partial charge is 0.378 e. The molecule has 1 fully saturated rings. The molecule has 0 aromatic carbocycles. The van der Waals surface area contributed by atoms with Crippen molar-refractivity contribution in [2.75, 3.05) is 30.8 Å². The maximum absolute atomic E-state index is 12.6. The fourth-order valence-corrected chi connectivity index (χ4v) is 3.52. The van der Waals surface area contributed by atoms with Crippen molar-refractivity contribution in [1.82, 2.24) is 20.3 Å². The number of nitrogen functional groups attached to an aromatic ring is 1. The van der Waals surface area contributed by atoms with Gasteiger partial charge in [0.2, 0.25) is 5.95 Å². The first kappa shape index (κ1) is 23.3. The highest BCUT2D eigenvalue weighted by Gasteiger charge is 2.29. The minimum Gasteiger partial charge on any atom is -0.378 e. The molecule has 1 aliphatic rings. The summed E-state index contributed by atoms with van der Waals surface area (Å²) in [4.78, 5) is 25.7. The van der Waals surface area contributed by atoms with Crippen LogP contribution in [-0.2, 0) is 9.53 Å². The quantitative estimate of drug-likeness (QED) is 0.566. The number of hydrogen-bond donors (Lipinski definition) is 3. The molecule has 1 saturated heterocycles. The summed E-state index contributed by atoms with van der Waals surface area (Å²) >= 11 is 0. The van der Waals surface area contributed by atoms with E-state index in [4.69, 9.17) is 10.5 Å². The normalized spacial score (nSPS) is 18.6. The molecule has 0 aliphatic carbocycles. The molecule has 3 rings (SSSR count). The summed E-state index contributed by atoms with van der Waals surface area (Å²) < 4.78 is 5.42. The lowest BCUT2D eigenvalue weighted by Gasteiger charge is -2.32. The van der Waals surface area contributed by atoms with Gasteiger partial charge in [-0.1, -0.05) is 19.8 Å². The molecule has 0 amide bonds. The summed E-state index contributed by atoms with van der Waals surface area (Å²) in [6.45, 7) is 6.13. The third-order valence-electron chi connectivity index (χ3n) is 5.21. The molecule has 0 saturated carbocycles. The Morgan fingerprint density at radius 1 is 1.41 bits per heavy atom. The number of carbonyl (C=O) groups excluding carboxylic acids is 1. The Balaban J connectivity index is 0.00000300. The minimum absolute atomic E-state index is 0. The molecule has 1 unspecified atom stereocenters. The number of aromatic nitrogens is 3. The smallest absolute Gasteiger partial charge is 0.222 e. The van der Waals surface area contributed by atoms with E-state index in [2.05, 4.69) is 39.4 Å². The van der Waals surface area contributed by atoms with Crippen molar-refractivity contribution in [3.8, 4) is 0 Å². The predicted molar refractivity (Wildman–Crippen MR) is 121 cm³/mol. The molecular formula is C20H32N6O2S. The second kappa shape index (κ2) is 10.7. The van der Waals surface area contributed by atoms with Gasteiger partial charge < -0.3 is 21.1 Å². The molecule has 0 bridgehead atoms. The number of pyridine rings is 1. The molecule has 4 N–H and O–H groups in total. The van der Waals surface area contributed by atoms with Crippen LogP contribution in [0.3, 0.4) is 0 Å². The number of morpholine rings is 1. The Morgan fingerprint density at radius 3 is 2.97 bits per heavy atom. The number of rotatable bonds is 9. The van der Waals surface area contributed by atoms with Crippen LogP contribution >= 0.6 is 13.5 Å². The molecular weight excluding hydrogens is 388 g/mol. The second-order valence-electron chi connectivity index (χ2n) is 7.64. The molecule has 8 nitrogen and oxygen atoms in total. The zero-order valence-electron chi connectivity index (χ0n) is 17.2. The molecule has 2 aromatic heterocycles. The monoisotopic (exact) mass is 420 g/mol. The van der Waals surface area contributed by atoms with Gasteiger partial charge in [0.15, 0.2) is 11.6 Å². The van der Waals surface area contributed by atoms with Gasteiger partial charge in [0.1, 0.15) is 5.52 Å². The lowest BCUT2D eigenvalue weighted by molar-refractivity contribution is -0.124. The van der Waals surface area contributed by atoms with Gasteiger partial charge in [-0.15, -0.1) is 0 Å². The maximum Gasteiger partial charge on any atom is 0.222 e. The van der Waals surface area contributed by atoms with Crippen molar-refractivity contribution in [3.05, 3.63) is 18.3 Å². The highest BCUT2D eigenvalue weighted by molar-refractivity contribution is 7.59. The van der Waals surface area contributed by atoms with E-state index in [1.807, 2.05) is 12.1 Å². The average molecular weight is 421 g/mol. The van der Waals surface area contributed by atoms with Gasteiger partial charge in [0, 0.05) is 24.7 Å². The molecule has 3 heterocycles. The summed E-state index contributed by atoms with van der Waals surface area (Å²) in [5, 5.41) is 6.77. The van der Waals surface area contributed by atoms with Crippen molar-refractivity contribution < 1.29 is 9.53 Å². The topological polar surface area (TPSA) is 115 Å². The van der Waals surface area contributed by atoms with E-state index in [-0.39, 0.29) is 36.8 Å². The Morgan fingerprint density at radius 2 is 2.24 bits per heavy atom. The number of nitrogens with one attached hydrogen (secondary N) is 2. The Bertz CT molecular complexity index is 815. The number of unbranched alkanes of at least 4 members (excludes halogenated alkanes) is 1. The number of anilines is 2. The van der Waals surface area contributed by atoms with Crippen LogP contribution < -0.4 is 16.4 Å². The van der Waals surface area contributed by atoms with Gasteiger partial charge in [0.25, 0.3) is 0 Å². The Labute approximate surface area is 178 Å². The van der Waals surface area contributed by atoms with Gasteiger partial charge in [-0.3, -0.25) is 9.78 Å². The predicted octanol–water partition coefficient (Wildman–Crippen LogP) is 2.42. The Hall–Kier alpha value is -1.97. The summed E-state index contributed by atoms with van der Waals surface area (Å²) in [7, 11) is 0. The van der Waals surface area contributed by atoms with Crippen LogP contribution in [-0.4, -0.2) is 52.1 Å². The van der Waals surface area contributed by atoms with Crippen molar-refractivity contribution >= 4 is 42.1 Å². The van der Waals surface area contributed by atoms with Crippen LogP contribution in [0, 0.1) is 0 Å². The van der Waals surface area contributed by atoms with Crippen molar-refractivity contribution in [2.45, 2.75) is 57.5 Å². The van der Waals surface area contributed by atoms with Gasteiger partial charge in [-0.25, -0.2) is 4.98 Å². The minimum atomic E-state index is -0.299. The van der Waals surface area contributed by atoms with Crippen LogP contribution in [0.2, 0.25) is 0 Å². The number of ketones is 1. The molecule has 2 atom stereocenters. The maximum atomic E-state index is 12.6. The first-order chi connectivity index (χ1) is 13.5. The van der Waals surface area contributed by atoms with Crippen LogP contribution in [0.15, 0.2) is 18.3 Å². The fraction of sp³-hybridized carbons (Fsp3) is 0.600. The highest BCUT2D eigenvalue weighted by atomic mass is 32.1. The highest BCUT2D eigenvalue weighted by Crippen LogP contribution is 2.28. The summed E-state index contributed by atoms with van der Waals surface area (Å²) in [6, 6.07) is 3.49. The van der Waals surface area contributed by atoms with Crippen molar-refractivity contribution in [2.24, 2.45) is 0 Å². The average Bonchev–Trinajstić information content (AvgIpc) is 2.71. The van der Waals surface area contributed by atoms with Crippen LogP contribution in [0.4, 0.5) is 11.8 Å². The van der Waals surface area contributed by atoms with Gasteiger partial charge >= 0.3 is 0 Å². The van der Waals surface area contributed by atoms with Gasteiger partial charge in [-0.2, -0.15) is 18.5 Å². The van der Waals surface area contributed by atoms with Crippen molar-refractivity contribution in [1.29, 1.82) is 0 Å². The zero-order valence-corrected chi connectivity index (χ0v) is 18.2. The van der Waals surface area contributed by atoms with E-state index in [1.165, 1.54) is 0 Å². The summed E-state index contributed by atoms with van der Waals surface area (Å²) in [5.74, 6) is 1.02. The third-order valence-corrected chi connectivity index (χ3v) is 5.21. The Kier molecular flexibility index (Phi) is 8.60. The molecule has 160 valence electrons. The van der Waals surface area contributed by atoms with Crippen LogP contribution in [0.25, 0.3) is 11.0 Å². The van der Waals surface area contributed by atoms with E-state index in [9.17, 15) is 4.79 Å². The molecule has 29 heavy (non-hydrogen) atoms. The van der Waals surface area contributed by atoms with E-state index < -0.39 is 0 Å². The second-order valence-corrected chi connectivity index (χ2v) is 7.64. The number of ether oxygens (including phenoxy) is 1. The van der Waals surface area contributed by atoms with Crippen LogP contribution in [0.5, 0.6) is 0 Å². The van der Waals surface area contributed by atoms with Gasteiger partial charge in [0.05, 0.1) is 24.8 Å². The standard InChI is InChI=1S/C20H30N6O2.H2S/c1-3-4-8-20(2,9-7-16(27)15-13-28-12-11-22-15)26-18-17-14(6-5-10-23-17)24-19(21)25-18;/h5-6,10,15,22H,3-4,7-9,11-13H2,1-2H3,(H3,21,24,25,26);1H2/t15-,20?;/m0./s1. The molecule has 0 spiro atoms. The number of carbonyl (C=O) groups is 1. The molecule has 1 aliphatic heterocycles. The SMILES string of the molecule is CCCCC(C)(CCC(=O)[C@@H]1COCCN1)Nc1nc(N)nc2cccnc12.S. The van der Waals surface area contributed by atoms with Gasteiger partial charge in [-0.05, 0) is 31.9 Å². The first-order valence-electron chi connectivity index (χ1n) is 10.0. The number of nitrogens with two attached hydrogens (primary N) is 1. The van der Waals surface area contributed by atoms with E-state index in [1.54, 1.807) is 6.20 Å². The molecule has 0 radical (unpaired) electrons. The number of nitrogens with zero attached hydrogens (tertiary/aromatic N) is 3. The fourth-order valence-electron chi connectivity index (χ4n) is 3.52. The summed E-state index contributed by atoms with van der Waals surface area (Å²) in [5.41, 5.74) is 6.99. The lowest BCUT2D eigenvalue weighted by Crippen LogP contribution is -2.47. The third kappa shape index (κ3) is 6.25.